The zero-order chi connectivity index (χ0) is 19.4. The molecule has 27 heavy (non-hydrogen) atoms. The van der Waals surface area contributed by atoms with E-state index < -0.39 is 15.8 Å². The zero-order valence-corrected chi connectivity index (χ0v) is 16.3. The average molecular weight is 408 g/mol. The van der Waals surface area contributed by atoms with Crippen LogP contribution in [0, 0.1) is 5.82 Å². The molecule has 0 saturated heterocycles. The fourth-order valence-corrected chi connectivity index (χ4v) is 4.54. The molecule has 0 aliphatic heterocycles. The quantitative estimate of drug-likeness (QED) is 0.591. The van der Waals surface area contributed by atoms with Crippen molar-refractivity contribution < 1.29 is 12.8 Å². The molecular weight excluding hydrogens is 389 g/mol. The Morgan fingerprint density at radius 3 is 2.56 bits per heavy atom. The van der Waals surface area contributed by atoms with Gasteiger partial charge in [0.25, 0.3) is 10.0 Å². The minimum Gasteiger partial charge on any atom is -0.265 e. The van der Waals surface area contributed by atoms with Gasteiger partial charge >= 0.3 is 0 Å². The Labute approximate surface area is 163 Å². The predicted octanol–water partition coefficient (Wildman–Crippen LogP) is 4.13. The fourth-order valence-electron chi connectivity index (χ4n) is 2.83. The summed E-state index contributed by atoms with van der Waals surface area (Å²) in [6.07, 6.45) is 2.10. The van der Waals surface area contributed by atoms with E-state index in [0.29, 0.717) is 13.0 Å². The summed E-state index contributed by atoms with van der Waals surface area (Å²) in [4.78, 5) is 0. The van der Waals surface area contributed by atoms with Crippen LogP contribution in [-0.2, 0) is 23.0 Å². The minimum absolute atomic E-state index is 0.0555. The largest absolute Gasteiger partial charge is 0.281 e. The van der Waals surface area contributed by atoms with E-state index in [4.69, 9.17) is 11.6 Å². The summed E-state index contributed by atoms with van der Waals surface area (Å²) in [5.41, 5.74) is 1.30. The molecular formula is C19H19ClFN3O2S. The molecule has 0 aliphatic carbocycles. The van der Waals surface area contributed by atoms with Gasteiger partial charge in [-0.3, -0.25) is 8.99 Å². The Morgan fingerprint density at radius 2 is 1.89 bits per heavy atom. The van der Waals surface area contributed by atoms with E-state index in [1.807, 2.05) is 30.3 Å². The van der Waals surface area contributed by atoms with Crippen LogP contribution in [0.4, 0.5) is 10.1 Å². The molecule has 2 aromatic carbocycles. The monoisotopic (exact) mass is 407 g/mol. The maximum absolute atomic E-state index is 13.8. The lowest BCUT2D eigenvalue weighted by molar-refractivity contribution is 0.534. The molecule has 0 spiro atoms. The summed E-state index contributed by atoms with van der Waals surface area (Å²) in [7, 11) is -3.90. The van der Waals surface area contributed by atoms with Gasteiger partial charge in [0.2, 0.25) is 0 Å². The highest BCUT2D eigenvalue weighted by Crippen LogP contribution is 2.27. The maximum atomic E-state index is 13.8. The van der Waals surface area contributed by atoms with Crippen LogP contribution in [0.25, 0.3) is 0 Å². The summed E-state index contributed by atoms with van der Waals surface area (Å²) in [5, 5.41) is 4.17. The molecule has 0 bridgehead atoms. The second-order valence-corrected chi connectivity index (χ2v) is 8.11. The Hall–Kier alpha value is -2.38. The van der Waals surface area contributed by atoms with E-state index in [-0.39, 0.29) is 22.3 Å². The third kappa shape index (κ3) is 4.14. The highest BCUT2D eigenvalue weighted by molar-refractivity contribution is 7.92. The number of aryl methyl sites for hydroxylation is 2. The average Bonchev–Trinajstić information content (AvgIpc) is 3.14. The van der Waals surface area contributed by atoms with E-state index in [2.05, 4.69) is 5.10 Å². The van der Waals surface area contributed by atoms with Gasteiger partial charge in [0.1, 0.15) is 5.82 Å². The smallest absolute Gasteiger partial charge is 0.265 e. The van der Waals surface area contributed by atoms with E-state index in [1.54, 1.807) is 6.92 Å². The van der Waals surface area contributed by atoms with Crippen molar-refractivity contribution in [3.8, 4) is 0 Å². The Balaban J connectivity index is 1.90. The number of rotatable bonds is 7. The van der Waals surface area contributed by atoms with Crippen molar-refractivity contribution in [3.05, 3.63) is 77.2 Å². The first-order valence-electron chi connectivity index (χ1n) is 8.47. The first kappa shape index (κ1) is 19.4. The molecule has 3 rings (SSSR count). The summed E-state index contributed by atoms with van der Waals surface area (Å²) < 4.78 is 42.7. The van der Waals surface area contributed by atoms with Crippen LogP contribution in [0.2, 0.25) is 5.02 Å². The molecule has 0 unspecified atom stereocenters. The molecule has 3 aromatic rings. The van der Waals surface area contributed by atoms with Crippen LogP contribution in [0.5, 0.6) is 0 Å². The van der Waals surface area contributed by atoms with Crippen molar-refractivity contribution in [2.45, 2.75) is 24.9 Å². The van der Waals surface area contributed by atoms with Crippen molar-refractivity contribution in [1.29, 1.82) is 0 Å². The topological polar surface area (TPSA) is 55.2 Å². The molecule has 0 N–H and O–H groups in total. The van der Waals surface area contributed by atoms with Crippen LogP contribution in [0.3, 0.4) is 0 Å². The van der Waals surface area contributed by atoms with E-state index in [0.717, 1.165) is 15.9 Å². The summed E-state index contributed by atoms with van der Waals surface area (Å²) in [5.74, 6) is -0.666. The number of halogens is 2. The van der Waals surface area contributed by atoms with E-state index >= 15 is 0 Å². The molecule has 0 atom stereocenters. The van der Waals surface area contributed by atoms with Gasteiger partial charge in [-0.2, -0.15) is 13.5 Å². The molecule has 0 saturated carbocycles. The molecule has 0 amide bonds. The van der Waals surface area contributed by atoms with Gasteiger partial charge in [-0.1, -0.05) is 41.9 Å². The number of benzene rings is 2. The first-order valence-corrected chi connectivity index (χ1v) is 10.3. The zero-order valence-electron chi connectivity index (χ0n) is 14.7. The molecule has 8 heteroatoms. The van der Waals surface area contributed by atoms with Crippen LogP contribution in [0.15, 0.2) is 65.8 Å². The van der Waals surface area contributed by atoms with Gasteiger partial charge in [-0.15, -0.1) is 0 Å². The van der Waals surface area contributed by atoms with Gasteiger partial charge in [0.15, 0.2) is 5.03 Å². The molecule has 0 aliphatic rings. The van der Waals surface area contributed by atoms with E-state index in [9.17, 15) is 12.8 Å². The molecule has 1 aromatic heterocycles. The van der Waals surface area contributed by atoms with Gasteiger partial charge in [0.05, 0.1) is 16.9 Å². The molecule has 0 fully saturated rings. The number of aromatic nitrogens is 2. The molecule has 142 valence electrons. The standard InChI is InChI=1S/C19H19ClFN3O2S/c1-2-24(16-8-9-17(20)18(21)14-16)27(25,26)19-10-12-22-23(19)13-11-15-6-4-3-5-7-15/h3-10,12,14H,2,11,13H2,1H3. The lowest BCUT2D eigenvalue weighted by Gasteiger charge is -2.23. The normalized spacial score (nSPS) is 11.5. The second kappa shape index (κ2) is 8.10. The Morgan fingerprint density at radius 1 is 1.15 bits per heavy atom. The lowest BCUT2D eigenvalue weighted by atomic mass is 10.1. The van der Waals surface area contributed by atoms with Gasteiger partial charge < -0.3 is 0 Å². The van der Waals surface area contributed by atoms with Crippen molar-refractivity contribution in [1.82, 2.24) is 9.78 Å². The second-order valence-electron chi connectivity index (χ2n) is 5.90. The Kier molecular flexibility index (Phi) is 5.82. The predicted molar refractivity (Wildman–Crippen MR) is 104 cm³/mol. The van der Waals surface area contributed by atoms with Gasteiger partial charge in [-0.05, 0) is 43.2 Å². The molecule has 0 radical (unpaired) electrons. The third-order valence-corrected chi connectivity index (χ3v) is 6.40. The van der Waals surface area contributed by atoms with E-state index in [1.165, 1.54) is 29.1 Å². The van der Waals surface area contributed by atoms with Gasteiger partial charge in [0, 0.05) is 13.1 Å². The highest BCUT2D eigenvalue weighted by Gasteiger charge is 2.27. The lowest BCUT2D eigenvalue weighted by Crippen LogP contribution is -2.32. The molecule has 1 heterocycles. The number of hydrogen-bond donors (Lipinski definition) is 0. The number of sulfonamides is 1. The van der Waals surface area contributed by atoms with Crippen molar-refractivity contribution in [3.63, 3.8) is 0 Å². The Bertz CT molecular complexity index is 1020. The van der Waals surface area contributed by atoms with Gasteiger partial charge in [-0.25, -0.2) is 4.39 Å². The summed E-state index contributed by atoms with van der Waals surface area (Å²) in [6, 6.07) is 15.2. The van der Waals surface area contributed by atoms with Crippen LogP contribution in [-0.4, -0.2) is 24.7 Å². The SMILES string of the molecule is CCN(c1ccc(Cl)c(F)c1)S(=O)(=O)c1ccnn1CCc1ccccc1. The molecule has 5 nitrogen and oxygen atoms in total. The third-order valence-electron chi connectivity index (χ3n) is 4.17. The summed E-state index contributed by atoms with van der Waals surface area (Å²) in [6.45, 7) is 2.25. The maximum Gasteiger partial charge on any atom is 0.281 e. The highest BCUT2D eigenvalue weighted by atomic mass is 35.5. The van der Waals surface area contributed by atoms with Crippen molar-refractivity contribution >= 4 is 27.3 Å². The first-order chi connectivity index (χ1) is 12.9. The van der Waals surface area contributed by atoms with Crippen LogP contribution in [0.1, 0.15) is 12.5 Å². The fraction of sp³-hybridized carbons (Fsp3) is 0.211. The van der Waals surface area contributed by atoms with Crippen LogP contribution >= 0.6 is 11.6 Å². The number of nitrogens with zero attached hydrogens (tertiary/aromatic N) is 3. The van der Waals surface area contributed by atoms with Crippen molar-refractivity contribution in [2.75, 3.05) is 10.8 Å². The number of hydrogen-bond acceptors (Lipinski definition) is 3. The number of anilines is 1. The van der Waals surface area contributed by atoms with Crippen molar-refractivity contribution in [2.24, 2.45) is 0 Å². The minimum atomic E-state index is -3.90. The summed E-state index contributed by atoms with van der Waals surface area (Å²) >= 11 is 5.71. The van der Waals surface area contributed by atoms with Crippen LogP contribution < -0.4 is 4.31 Å².